The number of ether oxygens (including phenoxy) is 1. The van der Waals surface area contributed by atoms with Crippen molar-refractivity contribution in [1.82, 2.24) is 15.1 Å². The highest BCUT2D eigenvalue weighted by Crippen LogP contribution is 2.41. The minimum Gasteiger partial charge on any atom is -0.481 e. The lowest BCUT2D eigenvalue weighted by molar-refractivity contribution is -0.144. The second-order valence-corrected chi connectivity index (χ2v) is 8.42. The zero-order chi connectivity index (χ0) is 18.9. The van der Waals surface area contributed by atoms with E-state index < -0.39 is 11.9 Å². The van der Waals surface area contributed by atoms with E-state index in [1.54, 1.807) is 0 Å². The topological polar surface area (TPSA) is 93.5 Å². The summed E-state index contributed by atoms with van der Waals surface area (Å²) in [6.07, 6.45) is 3.70. The molecule has 144 valence electrons. The van der Waals surface area contributed by atoms with Gasteiger partial charge in [-0.1, -0.05) is 0 Å². The van der Waals surface area contributed by atoms with Crippen LogP contribution in [0.1, 0.15) is 68.6 Å². The first-order valence-corrected chi connectivity index (χ1v) is 9.46. The summed E-state index contributed by atoms with van der Waals surface area (Å²) in [7, 11) is 0. The summed E-state index contributed by atoms with van der Waals surface area (Å²) in [5, 5.41) is 16.8. The van der Waals surface area contributed by atoms with Gasteiger partial charge in [0.2, 0.25) is 0 Å². The van der Waals surface area contributed by atoms with Gasteiger partial charge in [-0.2, -0.15) is 5.10 Å². The molecule has 1 aromatic rings. The molecule has 1 unspecified atom stereocenters. The maximum atomic E-state index is 12.6. The molecule has 1 aromatic heterocycles. The fourth-order valence-electron chi connectivity index (χ4n) is 3.58. The highest BCUT2D eigenvalue weighted by molar-refractivity contribution is 5.92. The van der Waals surface area contributed by atoms with Crippen LogP contribution in [0, 0.1) is 11.8 Å². The van der Waals surface area contributed by atoms with Crippen molar-refractivity contribution in [3.63, 3.8) is 0 Å². The number of carbonyl (C=O) groups excluding carboxylic acids is 1. The molecular weight excluding hydrogens is 334 g/mol. The Morgan fingerprint density at radius 3 is 2.50 bits per heavy atom. The number of carboxylic acid groups (broad SMARTS) is 1. The molecule has 2 heterocycles. The Morgan fingerprint density at radius 1 is 1.31 bits per heavy atom. The third-order valence-corrected chi connectivity index (χ3v) is 5.24. The van der Waals surface area contributed by atoms with Gasteiger partial charge in [0, 0.05) is 31.4 Å². The van der Waals surface area contributed by atoms with Crippen molar-refractivity contribution in [3.05, 3.63) is 17.5 Å². The number of nitrogens with zero attached hydrogens (tertiary/aromatic N) is 2. The normalized spacial score (nSPS) is 20.0. The molecule has 1 saturated carbocycles. The Kier molecular flexibility index (Phi) is 5.37. The van der Waals surface area contributed by atoms with Gasteiger partial charge in [-0.3, -0.25) is 14.3 Å². The fourth-order valence-corrected chi connectivity index (χ4v) is 3.58. The van der Waals surface area contributed by atoms with Crippen molar-refractivity contribution in [2.75, 3.05) is 19.8 Å². The van der Waals surface area contributed by atoms with Crippen molar-refractivity contribution < 1.29 is 19.4 Å². The van der Waals surface area contributed by atoms with Crippen LogP contribution in [0.2, 0.25) is 0 Å². The average molecular weight is 363 g/mol. The van der Waals surface area contributed by atoms with E-state index in [4.69, 9.17) is 4.74 Å². The van der Waals surface area contributed by atoms with E-state index in [1.165, 1.54) is 0 Å². The molecule has 1 amide bonds. The van der Waals surface area contributed by atoms with Gasteiger partial charge >= 0.3 is 5.97 Å². The van der Waals surface area contributed by atoms with Gasteiger partial charge in [-0.15, -0.1) is 0 Å². The number of amides is 1. The summed E-state index contributed by atoms with van der Waals surface area (Å²) >= 11 is 0. The molecule has 0 bridgehead atoms. The standard InChI is InChI=1S/C19H29N3O4/c1-19(2,3)22-16(13-4-5-13)10-15(21-22)17(23)20-11-14(18(24)25)12-6-8-26-9-7-12/h10,12-14H,4-9,11H2,1-3H3,(H,20,23)(H,24,25). The molecule has 1 atom stereocenters. The van der Waals surface area contributed by atoms with Crippen molar-refractivity contribution in [2.45, 2.75) is 57.9 Å². The third-order valence-electron chi connectivity index (χ3n) is 5.24. The van der Waals surface area contributed by atoms with Crippen LogP contribution in [-0.4, -0.2) is 46.5 Å². The molecule has 1 saturated heterocycles. The number of carbonyl (C=O) groups is 2. The van der Waals surface area contributed by atoms with Crippen LogP contribution < -0.4 is 5.32 Å². The van der Waals surface area contributed by atoms with Crippen molar-refractivity contribution in [3.8, 4) is 0 Å². The summed E-state index contributed by atoms with van der Waals surface area (Å²) in [4.78, 5) is 24.2. The smallest absolute Gasteiger partial charge is 0.308 e. The molecule has 7 heteroatoms. The SMILES string of the molecule is CC(C)(C)n1nc(C(=O)NCC(C(=O)O)C2CCOCC2)cc1C1CC1. The lowest BCUT2D eigenvalue weighted by atomic mass is 9.86. The highest BCUT2D eigenvalue weighted by Gasteiger charge is 2.33. The van der Waals surface area contributed by atoms with Crippen molar-refractivity contribution in [2.24, 2.45) is 11.8 Å². The first kappa shape index (κ1) is 18.9. The Bertz CT molecular complexity index is 667. The van der Waals surface area contributed by atoms with Crippen molar-refractivity contribution in [1.29, 1.82) is 0 Å². The number of aliphatic carboxylic acids is 1. The number of nitrogens with one attached hydrogen (secondary N) is 1. The molecule has 0 aromatic carbocycles. The molecule has 26 heavy (non-hydrogen) atoms. The predicted octanol–water partition coefficient (Wildman–Crippen LogP) is 2.37. The van der Waals surface area contributed by atoms with E-state index >= 15 is 0 Å². The maximum absolute atomic E-state index is 12.6. The minimum absolute atomic E-state index is 0.0377. The molecule has 2 N–H and O–H groups in total. The van der Waals surface area contributed by atoms with E-state index in [0.29, 0.717) is 24.8 Å². The van der Waals surface area contributed by atoms with E-state index in [-0.39, 0.29) is 23.9 Å². The van der Waals surface area contributed by atoms with Crippen LogP contribution in [-0.2, 0) is 15.1 Å². The molecule has 2 fully saturated rings. The summed E-state index contributed by atoms with van der Waals surface area (Å²) in [6.45, 7) is 7.50. The van der Waals surface area contributed by atoms with Crippen LogP contribution in [0.5, 0.6) is 0 Å². The fraction of sp³-hybridized carbons (Fsp3) is 0.737. The molecule has 7 nitrogen and oxygen atoms in total. The molecule has 2 aliphatic rings. The van der Waals surface area contributed by atoms with Gasteiger partial charge in [0.15, 0.2) is 0 Å². The Morgan fingerprint density at radius 2 is 1.96 bits per heavy atom. The lowest BCUT2D eigenvalue weighted by Gasteiger charge is -2.27. The third kappa shape index (κ3) is 4.26. The average Bonchev–Trinajstić information content (AvgIpc) is 3.32. The van der Waals surface area contributed by atoms with Gasteiger partial charge in [0.1, 0.15) is 5.69 Å². The maximum Gasteiger partial charge on any atom is 0.308 e. The summed E-state index contributed by atoms with van der Waals surface area (Å²) in [5.41, 5.74) is 1.28. The molecule has 1 aliphatic carbocycles. The first-order chi connectivity index (χ1) is 12.3. The number of hydrogen-bond acceptors (Lipinski definition) is 4. The largest absolute Gasteiger partial charge is 0.481 e. The van der Waals surface area contributed by atoms with E-state index in [0.717, 1.165) is 31.4 Å². The summed E-state index contributed by atoms with van der Waals surface area (Å²) in [5.74, 6) is -1.23. The number of rotatable bonds is 6. The zero-order valence-corrected chi connectivity index (χ0v) is 15.8. The predicted molar refractivity (Wildman–Crippen MR) is 96.2 cm³/mol. The van der Waals surface area contributed by atoms with Crippen LogP contribution in [0.4, 0.5) is 0 Å². The molecule has 0 radical (unpaired) electrons. The molecule has 1 aliphatic heterocycles. The Balaban J connectivity index is 1.68. The number of carboxylic acids is 1. The van der Waals surface area contributed by atoms with Crippen LogP contribution in [0.25, 0.3) is 0 Å². The van der Waals surface area contributed by atoms with E-state index in [1.807, 2.05) is 10.7 Å². The van der Waals surface area contributed by atoms with E-state index in [9.17, 15) is 14.7 Å². The van der Waals surface area contributed by atoms with Crippen LogP contribution in [0.15, 0.2) is 6.07 Å². The summed E-state index contributed by atoms with van der Waals surface area (Å²) < 4.78 is 7.24. The van der Waals surface area contributed by atoms with Gasteiger partial charge < -0.3 is 15.2 Å². The minimum atomic E-state index is -0.865. The number of hydrogen-bond donors (Lipinski definition) is 2. The Labute approximate surface area is 154 Å². The molecule has 0 spiro atoms. The van der Waals surface area contributed by atoms with Crippen LogP contribution in [0.3, 0.4) is 0 Å². The van der Waals surface area contributed by atoms with Crippen molar-refractivity contribution >= 4 is 11.9 Å². The van der Waals surface area contributed by atoms with Gasteiger partial charge in [-0.05, 0) is 58.4 Å². The number of aromatic nitrogens is 2. The van der Waals surface area contributed by atoms with Crippen LogP contribution >= 0.6 is 0 Å². The highest BCUT2D eigenvalue weighted by atomic mass is 16.5. The second-order valence-electron chi connectivity index (χ2n) is 8.42. The lowest BCUT2D eigenvalue weighted by Crippen LogP contribution is -2.39. The van der Waals surface area contributed by atoms with E-state index in [2.05, 4.69) is 31.2 Å². The van der Waals surface area contributed by atoms with Gasteiger partial charge in [0.05, 0.1) is 11.5 Å². The molecular formula is C19H29N3O4. The zero-order valence-electron chi connectivity index (χ0n) is 15.8. The van der Waals surface area contributed by atoms with Gasteiger partial charge in [0.25, 0.3) is 5.91 Å². The second kappa shape index (κ2) is 7.39. The first-order valence-electron chi connectivity index (χ1n) is 9.46. The Hall–Kier alpha value is -1.89. The quantitative estimate of drug-likeness (QED) is 0.809. The summed E-state index contributed by atoms with van der Waals surface area (Å²) in [6, 6.07) is 1.86. The monoisotopic (exact) mass is 363 g/mol. The van der Waals surface area contributed by atoms with Gasteiger partial charge in [-0.25, -0.2) is 0 Å². The molecule has 3 rings (SSSR count).